The standard InChI is InChI=1S/C29H42N2O3/c1-22(2)20-26(27(29(3,4)5)34-21-23-10-8-7-9-11-23)28(32)31-18-16-30(17-19-31)24-12-14-25(33-6)15-13-24/h7-15,22,26-27H,16-21H2,1-6H3/t26-,27?/m0/s1. The molecule has 1 fully saturated rings. The molecule has 2 aromatic carbocycles. The van der Waals surface area contributed by atoms with Gasteiger partial charge in [0.1, 0.15) is 5.75 Å². The van der Waals surface area contributed by atoms with Crippen LogP contribution in [0, 0.1) is 17.3 Å². The van der Waals surface area contributed by atoms with Crippen molar-refractivity contribution in [3.63, 3.8) is 0 Å². The van der Waals surface area contributed by atoms with E-state index in [2.05, 4.69) is 68.7 Å². The molecule has 0 bridgehead atoms. The predicted octanol–water partition coefficient (Wildman–Crippen LogP) is 5.64. The second-order valence-corrected chi connectivity index (χ2v) is 10.8. The average molecular weight is 467 g/mol. The van der Waals surface area contributed by atoms with E-state index < -0.39 is 0 Å². The number of amides is 1. The topological polar surface area (TPSA) is 42.0 Å². The van der Waals surface area contributed by atoms with E-state index >= 15 is 0 Å². The first kappa shape index (κ1) is 26.1. The molecule has 1 aliphatic rings. The summed E-state index contributed by atoms with van der Waals surface area (Å²) in [7, 11) is 1.68. The molecule has 0 saturated carbocycles. The minimum Gasteiger partial charge on any atom is -0.497 e. The lowest BCUT2D eigenvalue weighted by Crippen LogP contribution is -2.53. The number of hydrogen-bond acceptors (Lipinski definition) is 4. The molecule has 0 spiro atoms. The zero-order valence-corrected chi connectivity index (χ0v) is 21.8. The quantitative estimate of drug-likeness (QED) is 0.480. The second-order valence-electron chi connectivity index (χ2n) is 10.8. The van der Waals surface area contributed by atoms with E-state index in [0.717, 1.165) is 43.9 Å². The number of methoxy groups -OCH3 is 1. The molecule has 1 aliphatic heterocycles. The van der Waals surface area contributed by atoms with Crippen LogP contribution in [0.4, 0.5) is 5.69 Å². The van der Waals surface area contributed by atoms with Crippen LogP contribution in [0.2, 0.25) is 0 Å². The summed E-state index contributed by atoms with van der Waals surface area (Å²) in [4.78, 5) is 18.3. The number of hydrogen-bond donors (Lipinski definition) is 0. The number of rotatable bonds is 9. The molecule has 0 aliphatic carbocycles. The fourth-order valence-electron chi connectivity index (χ4n) is 4.80. The molecule has 1 unspecified atom stereocenters. The maximum atomic E-state index is 13.9. The van der Waals surface area contributed by atoms with E-state index in [-0.39, 0.29) is 23.3 Å². The SMILES string of the molecule is COc1ccc(N2CCN(C(=O)[C@@H](CC(C)C)C(OCc3ccccc3)C(C)(C)C)CC2)cc1. The van der Waals surface area contributed by atoms with Crippen LogP contribution in [0.1, 0.15) is 46.6 Å². The fraction of sp³-hybridized carbons (Fsp3) is 0.552. The summed E-state index contributed by atoms with van der Waals surface area (Å²) in [6, 6.07) is 18.4. The van der Waals surface area contributed by atoms with Gasteiger partial charge in [-0.2, -0.15) is 0 Å². The van der Waals surface area contributed by atoms with Gasteiger partial charge in [0, 0.05) is 31.9 Å². The number of carbonyl (C=O) groups is 1. The van der Waals surface area contributed by atoms with Gasteiger partial charge in [-0.1, -0.05) is 65.0 Å². The first-order valence-electron chi connectivity index (χ1n) is 12.5. The Bertz CT molecular complexity index is 882. The molecule has 0 radical (unpaired) electrons. The van der Waals surface area contributed by atoms with E-state index in [1.54, 1.807) is 7.11 Å². The van der Waals surface area contributed by atoms with Crippen LogP contribution in [0.3, 0.4) is 0 Å². The third-order valence-corrected chi connectivity index (χ3v) is 6.56. The molecular formula is C29H42N2O3. The molecule has 5 heteroatoms. The second kappa shape index (κ2) is 11.7. The van der Waals surface area contributed by atoms with E-state index in [0.29, 0.717) is 12.5 Å². The van der Waals surface area contributed by atoms with Crippen molar-refractivity contribution in [2.75, 3.05) is 38.2 Å². The number of anilines is 1. The number of nitrogens with zero attached hydrogens (tertiary/aromatic N) is 2. The Morgan fingerprint density at radius 3 is 2.09 bits per heavy atom. The lowest BCUT2D eigenvalue weighted by molar-refractivity contribution is -0.149. The van der Waals surface area contributed by atoms with Gasteiger partial charge in [-0.25, -0.2) is 0 Å². The monoisotopic (exact) mass is 466 g/mol. The number of carbonyl (C=O) groups excluding carboxylic acids is 1. The minimum absolute atomic E-state index is 0.144. The maximum Gasteiger partial charge on any atom is 0.228 e. The Morgan fingerprint density at radius 1 is 0.941 bits per heavy atom. The molecule has 1 heterocycles. The summed E-state index contributed by atoms with van der Waals surface area (Å²) in [5.41, 5.74) is 2.17. The molecule has 34 heavy (non-hydrogen) atoms. The van der Waals surface area contributed by atoms with Crippen LogP contribution in [-0.2, 0) is 16.1 Å². The normalized spacial score (nSPS) is 16.4. The largest absolute Gasteiger partial charge is 0.497 e. The van der Waals surface area contributed by atoms with Crippen LogP contribution >= 0.6 is 0 Å². The van der Waals surface area contributed by atoms with Crippen molar-refractivity contribution in [2.45, 2.75) is 53.8 Å². The third-order valence-electron chi connectivity index (χ3n) is 6.56. The van der Waals surface area contributed by atoms with Crippen molar-refractivity contribution in [1.29, 1.82) is 0 Å². The first-order chi connectivity index (χ1) is 16.2. The molecule has 0 N–H and O–H groups in total. The van der Waals surface area contributed by atoms with E-state index in [1.807, 2.05) is 30.3 Å². The van der Waals surface area contributed by atoms with Gasteiger partial charge in [-0.3, -0.25) is 4.79 Å². The summed E-state index contributed by atoms with van der Waals surface area (Å²) < 4.78 is 11.8. The zero-order valence-electron chi connectivity index (χ0n) is 21.8. The molecule has 1 saturated heterocycles. The number of piperazine rings is 1. The molecule has 3 rings (SSSR count). The lowest BCUT2D eigenvalue weighted by Gasteiger charge is -2.42. The molecule has 1 amide bonds. The van der Waals surface area contributed by atoms with Crippen molar-refractivity contribution in [2.24, 2.45) is 17.3 Å². The van der Waals surface area contributed by atoms with Crippen molar-refractivity contribution in [1.82, 2.24) is 4.90 Å². The minimum atomic E-state index is -0.156. The van der Waals surface area contributed by atoms with E-state index in [9.17, 15) is 4.79 Å². The molecule has 5 nitrogen and oxygen atoms in total. The Kier molecular flexibility index (Phi) is 9.01. The summed E-state index contributed by atoms with van der Waals surface area (Å²) in [6.45, 7) is 14.6. The van der Waals surface area contributed by atoms with E-state index in [1.165, 1.54) is 5.69 Å². The molecule has 2 aromatic rings. The van der Waals surface area contributed by atoms with Crippen LogP contribution in [0.15, 0.2) is 54.6 Å². The Balaban J connectivity index is 1.70. The molecule has 0 aromatic heterocycles. The van der Waals surface area contributed by atoms with Crippen molar-refractivity contribution in [3.05, 3.63) is 60.2 Å². The number of ether oxygens (including phenoxy) is 2. The summed E-state index contributed by atoms with van der Waals surface area (Å²) in [5, 5.41) is 0. The molecular weight excluding hydrogens is 424 g/mol. The van der Waals surface area contributed by atoms with Crippen molar-refractivity contribution in [3.8, 4) is 5.75 Å². The van der Waals surface area contributed by atoms with Gasteiger partial charge in [-0.05, 0) is 47.6 Å². The highest BCUT2D eigenvalue weighted by Gasteiger charge is 2.40. The smallest absolute Gasteiger partial charge is 0.228 e. The third kappa shape index (κ3) is 6.99. The molecule has 2 atom stereocenters. The maximum absolute atomic E-state index is 13.9. The summed E-state index contributed by atoms with van der Waals surface area (Å²) in [6.07, 6.45) is 0.677. The van der Waals surface area contributed by atoms with Crippen molar-refractivity contribution < 1.29 is 14.3 Å². The van der Waals surface area contributed by atoms with Crippen LogP contribution in [0.25, 0.3) is 0 Å². The van der Waals surface area contributed by atoms with Crippen LogP contribution < -0.4 is 9.64 Å². The highest BCUT2D eigenvalue weighted by atomic mass is 16.5. The summed E-state index contributed by atoms with van der Waals surface area (Å²) in [5.74, 6) is 1.35. The Morgan fingerprint density at radius 2 is 1.56 bits per heavy atom. The van der Waals surface area contributed by atoms with Crippen molar-refractivity contribution >= 4 is 11.6 Å². The van der Waals surface area contributed by atoms with Gasteiger partial charge < -0.3 is 19.3 Å². The first-order valence-corrected chi connectivity index (χ1v) is 12.5. The van der Waals surface area contributed by atoms with Gasteiger partial charge in [0.15, 0.2) is 0 Å². The van der Waals surface area contributed by atoms with Gasteiger partial charge in [0.25, 0.3) is 0 Å². The Labute approximate surface area is 206 Å². The van der Waals surface area contributed by atoms with E-state index in [4.69, 9.17) is 9.47 Å². The van der Waals surface area contributed by atoms with Gasteiger partial charge >= 0.3 is 0 Å². The van der Waals surface area contributed by atoms with Gasteiger partial charge in [0.05, 0.1) is 25.7 Å². The fourth-order valence-corrected chi connectivity index (χ4v) is 4.80. The highest BCUT2D eigenvalue weighted by molar-refractivity contribution is 5.80. The van der Waals surface area contributed by atoms with Crippen LogP contribution in [-0.4, -0.2) is 50.2 Å². The van der Waals surface area contributed by atoms with Crippen LogP contribution in [0.5, 0.6) is 5.75 Å². The number of benzene rings is 2. The highest BCUT2D eigenvalue weighted by Crippen LogP contribution is 2.34. The summed E-state index contributed by atoms with van der Waals surface area (Å²) >= 11 is 0. The molecule has 186 valence electrons. The lowest BCUT2D eigenvalue weighted by atomic mass is 9.77. The van der Waals surface area contributed by atoms with Gasteiger partial charge in [-0.15, -0.1) is 0 Å². The zero-order chi connectivity index (χ0) is 24.7. The predicted molar refractivity (Wildman–Crippen MR) is 139 cm³/mol. The average Bonchev–Trinajstić information content (AvgIpc) is 2.83. The van der Waals surface area contributed by atoms with Gasteiger partial charge in [0.2, 0.25) is 5.91 Å². The Hall–Kier alpha value is -2.53.